The minimum Gasteiger partial charge on any atom is -0.438 e. The summed E-state index contributed by atoms with van der Waals surface area (Å²) >= 11 is 0. The highest BCUT2D eigenvalue weighted by Crippen LogP contribution is 2.35. The van der Waals surface area contributed by atoms with Gasteiger partial charge in [-0.05, 0) is 87.6 Å². The normalized spacial score (nSPS) is 11.7. The first-order chi connectivity index (χ1) is 29.7. The van der Waals surface area contributed by atoms with Crippen molar-refractivity contribution in [3.8, 4) is 62.1 Å². The Morgan fingerprint density at radius 3 is 1.63 bits per heavy atom. The van der Waals surface area contributed by atoms with E-state index in [0.29, 0.717) is 23.2 Å². The second kappa shape index (κ2) is 13.7. The molecule has 0 unspecified atom stereocenters. The van der Waals surface area contributed by atoms with Gasteiger partial charge in [0.2, 0.25) is 5.71 Å². The van der Waals surface area contributed by atoms with Crippen molar-refractivity contribution in [2.24, 2.45) is 0 Å². The molecule has 0 aliphatic carbocycles. The maximum absolute atomic E-state index is 6.07. The Balaban J connectivity index is 0.973. The number of hydrogen-bond donors (Lipinski definition) is 0. The molecule has 0 radical (unpaired) electrons. The molecule has 0 bridgehead atoms. The van der Waals surface area contributed by atoms with Crippen LogP contribution in [0.25, 0.3) is 117 Å². The van der Waals surface area contributed by atoms with Gasteiger partial charge < -0.3 is 8.98 Å². The predicted molar refractivity (Wildman–Crippen MR) is 244 cm³/mol. The highest BCUT2D eigenvalue weighted by molar-refractivity contribution is 6.09. The molecule has 6 nitrogen and oxygen atoms in total. The summed E-state index contributed by atoms with van der Waals surface area (Å²) in [7, 11) is 0. The molecule has 0 aliphatic rings. The van der Waals surface area contributed by atoms with Gasteiger partial charge in [-0.1, -0.05) is 140 Å². The summed E-state index contributed by atoms with van der Waals surface area (Å²) in [6.07, 6.45) is 1.79. The second-order valence-corrected chi connectivity index (χ2v) is 15.1. The van der Waals surface area contributed by atoms with Gasteiger partial charge in [0.1, 0.15) is 5.58 Å². The first kappa shape index (κ1) is 33.9. The molecule has 0 amide bonds. The molecule has 6 heteroatoms. The summed E-state index contributed by atoms with van der Waals surface area (Å²) < 4.78 is 8.41. The fourth-order valence-electron chi connectivity index (χ4n) is 8.53. The molecule has 0 fully saturated rings. The summed E-state index contributed by atoms with van der Waals surface area (Å²) in [6, 6.07) is 67.9. The average Bonchev–Trinajstić information content (AvgIpc) is 3.87. The highest BCUT2D eigenvalue weighted by atomic mass is 16.3. The van der Waals surface area contributed by atoms with Gasteiger partial charge in [0.25, 0.3) is 0 Å². The van der Waals surface area contributed by atoms with Crippen LogP contribution in [0.4, 0.5) is 0 Å². The molecule has 0 aliphatic heterocycles. The largest absolute Gasteiger partial charge is 0.438 e. The van der Waals surface area contributed by atoms with Gasteiger partial charge in [0, 0.05) is 50.1 Å². The second-order valence-electron chi connectivity index (χ2n) is 15.1. The summed E-state index contributed by atoms with van der Waals surface area (Å²) in [4.78, 5) is 20.1. The molecule has 0 saturated heterocycles. The maximum atomic E-state index is 6.07. The molecule has 0 N–H and O–H groups in total. The predicted octanol–water partition coefficient (Wildman–Crippen LogP) is 13.8. The number of furan rings is 1. The molecule has 12 rings (SSSR count). The van der Waals surface area contributed by atoms with E-state index >= 15 is 0 Å². The minimum atomic E-state index is 0.536. The number of pyridine rings is 1. The van der Waals surface area contributed by atoms with Gasteiger partial charge >= 0.3 is 0 Å². The van der Waals surface area contributed by atoms with Gasteiger partial charge in [-0.15, -0.1) is 0 Å². The van der Waals surface area contributed by atoms with Crippen LogP contribution in [0.15, 0.2) is 205 Å². The lowest BCUT2D eigenvalue weighted by Gasteiger charge is -2.11. The monoisotopic (exact) mass is 767 g/mol. The molecule has 280 valence electrons. The number of rotatable bonds is 6. The maximum Gasteiger partial charge on any atom is 0.227 e. The third kappa shape index (κ3) is 5.73. The van der Waals surface area contributed by atoms with E-state index in [9.17, 15) is 0 Å². The third-order valence-corrected chi connectivity index (χ3v) is 11.5. The van der Waals surface area contributed by atoms with Crippen LogP contribution in [0, 0.1) is 0 Å². The first-order valence-corrected chi connectivity index (χ1v) is 20.0. The zero-order valence-corrected chi connectivity index (χ0v) is 32.2. The molecular formula is C54H33N5O. The summed E-state index contributed by atoms with van der Waals surface area (Å²) in [5.74, 6) is 1.70. The molecule has 8 aromatic carbocycles. The molecule has 0 atom stereocenters. The Bertz CT molecular complexity index is 3550. The Labute approximate surface area is 344 Å². The van der Waals surface area contributed by atoms with Crippen LogP contribution in [0.2, 0.25) is 0 Å². The van der Waals surface area contributed by atoms with E-state index in [1.54, 1.807) is 6.20 Å². The molecule has 4 heterocycles. The van der Waals surface area contributed by atoms with Crippen molar-refractivity contribution in [2.75, 3.05) is 0 Å². The van der Waals surface area contributed by atoms with E-state index in [0.717, 1.165) is 66.2 Å². The number of hydrogen-bond acceptors (Lipinski definition) is 5. The Kier molecular flexibility index (Phi) is 7.74. The van der Waals surface area contributed by atoms with Crippen LogP contribution in [-0.4, -0.2) is 24.5 Å². The van der Waals surface area contributed by atoms with Crippen LogP contribution in [0.5, 0.6) is 0 Å². The van der Waals surface area contributed by atoms with Crippen LogP contribution in [0.3, 0.4) is 0 Å². The average molecular weight is 768 g/mol. The lowest BCUT2D eigenvalue weighted by atomic mass is 9.99. The Morgan fingerprint density at radius 2 is 0.883 bits per heavy atom. The lowest BCUT2D eigenvalue weighted by molar-refractivity contribution is 0.654. The standard InChI is InChI=1S/C54H33N5O/c1-2-11-34(12-3-1)38-23-21-36-22-24-40(31-41(36)30-38)52-56-51(57-53(58-52)42-32-47-46-17-6-9-20-50(46)60-54(47)55-33-42)39-14-10-13-37(29-39)35-25-27-43(28-26-35)59-48-18-7-4-15-44(48)45-16-5-8-19-49(45)59/h1-33H. The van der Waals surface area contributed by atoms with E-state index in [1.165, 1.54) is 27.4 Å². The van der Waals surface area contributed by atoms with Gasteiger partial charge in [-0.3, -0.25) is 0 Å². The van der Waals surface area contributed by atoms with Crippen molar-refractivity contribution in [3.05, 3.63) is 200 Å². The smallest absolute Gasteiger partial charge is 0.227 e. The SMILES string of the molecule is c1ccc(-c2ccc3ccc(-c4nc(-c5cccc(-c6ccc(-n7c8ccccc8c8ccccc87)cc6)c5)nc(-c5cnc6oc7ccccc7c6c5)n4)cc3c2)cc1. The van der Waals surface area contributed by atoms with Gasteiger partial charge in [0.05, 0.1) is 11.0 Å². The first-order valence-electron chi connectivity index (χ1n) is 20.0. The molecule has 60 heavy (non-hydrogen) atoms. The fourth-order valence-corrected chi connectivity index (χ4v) is 8.53. The molecular weight excluding hydrogens is 735 g/mol. The van der Waals surface area contributed by atoms with Crippen molar-refractivity contribution >= 4 is 54.6 Å². The third-order valence-electron chi connectivity index (χ3n) is 11.5. The topological polar surface area (TPSA) is 69.6 Å². The summed E-state index contributed by atoms with van der Waals surface area (Å²) in [5.41, 5.74) is 11.9. The number of fused-ring (bicyclic) bond motifs is 7. The van der Waals surface area contributed by atoms with E-state index in [-0.39, 0.29) is 0 Å². The van der Waals surface area contributed by atoms with Crippen LogP contribution in [0.1, 0.15) is 0 Å². The van der Waals surface area contributed by atoms with Crippen molar-refractivity contribution in [1.82, 2.24) is 24.5 Å². The van der Waals surface area contributed by atoms with Gasteiger partial charge in [-0.2, -0.15) is 0 Å². The van der Waals surface area contributed by atoms with Crippen LogP contribution < -0.4 is 0 Å². The van der Waals surface area contributed by atoms with E-state index in [2.05, 4.69) is 174 Å². The van der Waals surface area contributed by atoms with Crippen molar-refractivity contribution < 1.29 is 4.42 Å². The van der Waals surface area contributed by atoms with Crippen LogP contribution in [-0.2, 0) is 0 Å². The zero-order valence-electron chi connectivity index (χ0n) is 32.2. The highest BCUT2D eigenvalue weighted by Gasteiger charge is 2.17. The molecule has 4 aromatic heterocycles. The molecule has 0 saturated carbocycles. The van der Waals surface area contributed by atoms with Gasteiger partial charge in [0.15, 0.2) is 17.5 Å². The quantitative estimate of drug-likeness (QED) is 0.168. The van der Waals surface area contributed by atoms with Crippen molar-refractivity contribution in [1.29, 1.82) is 0 Å². The number of nitrogens with zero attached hydrogens (tertiary/aromatic N) is 5. The summed E-state index contributed by atoms with van der Waals surface area (Å²) in [6.45, 7) is 0. The Morgan fingerprint density at radius 1 is 0.350 bits per heavy atom. The van der Waals surface area contributed by atoms with Gasteiger partial charge in [-0.25, -0.2) is 19.9 Å². The molecule has 0 spiro atoms. The van der Waals surface area contributed by atoms with Crippen LogP contribution >= 0.6 is 0 Å². The van der Waals surface area contributed by atoms with Crippen molar-refractivity contribution in [2.45, 2.75) is 0 Å². The number of aromatic nitrogens is 5. The van der Waals surface area contributed by atoms with E-state index in [1.807, 2.05) is 24.3 Å². The van der Waals surface area contributed by atoms with E-state index in [4.69, 9.17) is 24.4 Å². The summed E-state index contributed by atoms with van der Waals surface area (Å²) in [5, 5.41) is 6.66. The van der Waals surface area contributed by atoms with Crippen molar-refractivity contribution in [3.63, 3.8) is 0 Å². The molecule has 12 aromatic rings. The minimum absolute atomic E-state index is 0.536. The zero-order chi connectivity index (χ0) is 39.6. The lowest BCUT2D eigenvalue weighted by Crippen LogP contribution is -2.00. The Hall–Kier alpha value is -8.22. The number of benzene rings is 8. The number of para-hydroxylation sites is 3. The fraction of sp³-hybridized carbons (Fsp3) is 0. The van der Waals surface area contributed by atoms with E-state index < -0.39 is 0 Å².